The van der Waals surface area contributed by atoms with Crippen LogP contribution in [-0.2, 0) is 20.9 Å². The van der Waals surface area contributed by atoms with E-state index in [-0.39, 0.29) is 6.10 Å². The molecule has 0 amide bonds. The fraction of sp³-hybridized carbons (Fsp3) is 1.00. The number of hydrogen-bond donors (Lipinski definition) is 1. The van der Waals surface area contributed by atoms with Crippen LogP contribution in [0, 0.1) is 0 Å². The van der Waals surface area contributed by atoms with Gasteiger partial charge in [-0.1, -0.05) is 13.3 Å². The summed E-state index contributed by atoms with van der Waals surface area (Å²) < 4.78 is 10.1. The Morgan fingerprint density at radius 1 is 1.50 bits per heavy atom. The summed E-state index contributed by atoms with van der Waals surface area (Å²) in [5.41, 5.74) is 0. The fourth-order valence-electron chi connectivity index (χ4n) is 0.880. The van der Waals surface area contributed by atoms with E-state index in [0.29, 0.717) is 6.61 Å². The van der Waals surface area contributed by atoms with E-state index in [1.807, 2.05) is 6.92 Å². The van der Waals surface area contributed by atoms with E-state index in [1.165, 1.54) is 0 Å². The third-order valence-electron chi connectivity index (χ3n) is 1.30. The van der Waals surface area contributed by atoms with Crippen molar-refractivity contribution in [1.82, 2.24) is 0 Å². The van der Waals surface area contributed by atoms with Gasteiger partial charge in [0, 0.05) is 0 Å². The zero-order valence-corrected chi connectivity index (χ0v) is 9.53. The van der Waals surface area contributed by atoms with Gasteiger partial charge in [0.1, 0.15) is 0 Å². The van der Waals surface area contributed by atoms with Crippen molar-refractivity contribution >= 4 is 18.5 Å². The molecule has 2 atom stereocenters. The van der Waals surface area contributed by atoms with Gasteiger partial charge in [-0.25, -0.2) is 0 Å². The monoisotopic (exact) mass is 212 g/mol. The first-order valence-electron chi connectivity index (χ1n) is 4.17. The molecule has 0 aromatic rings. The number of hydrogen-bond acceptors (Lipinski definition) is 3. The highest BCUT2D eigenvalue weighted by molar-refractivity contribution is 8.07. The van der Waals surface area contributed by atoms with Crippen LogP contribution in [0.4, 0.5) is 0 Å². The van der Waals surface area contributed by atoms with Gasteiger partial charge in [-0.15, -0.1) is 0 Å². The van der Waals surface area contributed by atoms with Gasteiger partial charge >= 0.3 is 6.72 Å². The Balaban J connectivity index is 3.79. The van der Waals surface area contributed by atoms with Crippen molar-refractivity contribution in [3.63, 3.8) is 0 Å². The molecule has 0 bridgehead atoms. The second-order valence-electron chi connectivity index (χ2n) is 2.59. The van der Waals surface area contributed by atoms with Gasteiger partial charge in [-0.05, 0) is 32.1 Å². The zero-order chi connectivity index (χ0) is 9.61. The molecular weight excluding hydrogens is 195 g/mol. The van der Waals surface area contributed by atoms with Crippen molar-refractivity contribution in [3.05, 3.63) is 0 Å². The van der Waals surface area contributed by atoms with Crippen molar-refractivity contribution in [1.29, 1.82) is 0 Å². The largest absolute Gasteiger partial charge is 0.324 e. The second-order valence-corrected chi connectivity index (χ2v) is 5.38. The second kappa shape index (κ2) is 6.06. The Morgan fingerprint density at radius 2 is 2.08 bits per heavy atom. The minimum Gasteiger partial charge on any atom is -0.324 e. The van der Waals surface area contributed by atoms with E-state index in [4.69, 9.17) is 20.9 Å². The van der Waals surface area contributed by atoms with Crippen molar-refractivity contribution in [2.45, 2.75) is 39.7 Å². The predicted octanol–water partition coefficient (Wildman–Crippen LogP) is 2.44. The molecule has 0 saturated heterocycles. The van der Waals surface area contributed by atoms with Crippen LogP contribution < -0.4 is 0 Å². The molecule has 0 saturated carbocycles. The molecule has 12 heavy (non-hydrogen) atoms. The minimum atomic E-state index is -2.95. The molecule has 74 valence electrons. The van der Waals surface area contributed by atoms with Crippen molar-refractivity contribution in [2.24, 2.45) is 0 Å². The topological polar surface area (TPSA) is 38.7 Å². The highest BCUT2D eigenvalue weighted by atomic mass is 32.5. The smallest absolute Gasteiger partial charge is 0.324 e. The molecule has 5 heteroatoms. The zero-order valence-electron chi connectivity index (χ0n) is 7.82. The average Bonchev–Trinajstić information content (AvgIpc) is 1.85. The van der Waals surface area contributed by atoms with E-state index in [9.17, 15) is 4.89 Å². The highest BCUT2D eigenvalue weighted by Gasteiger charge is 2.17. The Morgan fingerprint density at radius 3 is 2.50 bits per heavy atom. The van der Waals surface area contributed by atoms with Crippen LogP contribution in [-0.4, -0.2) is 17.6 Å². The summed E-state index contributed by atoms with van der Waals surface area (Å²) in [7, 11) is 0. The van der Waals surface area contributed by atoms with Gasteiger partial charge in [0.15, 0.2) is 0 Å². The molecule has 0 heterocycles. The van der Waals surface area contributed by atoms with Crippen LogP contribution in [0.15, 0.2) is 0 Å². The van der Waals surface area contributed by atoms with Gasteiger partial charge in [0.25, 0.3) is 0 Å². The quantitative estimate of drug-likeness (QED) is 0.686. The summed E-state index contributed by atoms with van der Waals surface area (Å²) in [5.74, 6) is 0. The molecule has 0 aromatic heterocycles. The first-order chi connectivity index (χ1) is 5.52. The van der Waals surface area contributed by atoms with Crippen LogP contribution in [0.2, 0.25) is 0 Å². The van der Waals surface area contributed by atoms with Crippen LogP contribution in [0.5, 0.6) is 0 Å². The minimum absolute atomic E-state index is 0.0163. The Hall–Kier alpha value is 0.530. The van der Waals surface area contributed by atoms with Gasteiger partial charge in [0.2, 0.25) is 0 Å². The van der Waals surface area contributed by atoms with Gasteiger partial charge < -0.3 is 13.9 Å². The standard InChI is InChI=1S/C7H17O3PS/c1-4-6-7(3)10-11(8,12)9-5-2/h7H,4-6H2,1-3H3,(H,8,12). The summed E-state index contributed by atoms with van der Waals surface area (Å²) in [6.45, 7) is 3.18. The third kappa shape index (κ3) is 6.09. The molecule has 0 aromatic carbocycles. The van der Waals surface area contributed by atoms with Crippen molar-refractivity contribution in [3.8, 4) is 0 Å². The van der Waals surface area contributed by atoms with E-state index in [0.717, 1.165) is 12.8 Å². The van der Waals surface area contributed by atoms with Gasteiger partial charge in [-0.3, -0.25) is 0 Å². The number of rotatable bonds is 6. The molecule has 0 fully saturated rings. The lowest BCUT2D eigenvalue weighted by molar-refractivity contribution is 0.149. The molecule has 3 nitrogen and oxygen atoms in total. The summed E-state index contributed by atoms with van der Waals surface area (Å²) in [5, 5.41) is 0. The van der Waals surface area contributed by atoms with E-state index >= 15 is 0 Å². The fourth-order valence-corrected chi connectivity index (χ4v) is 2.58. The van der Waals surface area contributed by atoms with Crippen molar-refractivity contribution in [2.75, 3.05) is 6.61 Å². The first kappa shape index (κ1) is 12.5. The molecule has 0 radical (unpaired) electrons. The van der Waals surface area contributed by atoms with E-state index in [2.05, 4.69) is 6.92 Å². The lowest BCUT2D eigenvalue weighted by atomic mass is 10.2. The molecule has 0 aliphatic heterocycles. The maximum atomic E-state index is 9.39. The third-order valence-corrected chi connectivity index (χ3v) is 3.09. The van der Waals surface area contributed by atoms with Crippen LogP contribution in [0.3, 0.4) is 0 Å². The SMILES string of the molecule is CCCC(C)OP(O)(=S)OCC. The normalized spacial score (nSPS) is 18.7. The Kier molecular flexibility index (Phi) is 6.32. The highest BCUT2D eigenvalue weighted by Crippen LogP contribution is 2.45. The van der Waals surface area contributed by atoms with Gasteiger partial charge in [0.05, 0.1) is 12.7 Å². The van der Waals surface area contributed by atoms with Crippen molar-refractivity contribution < 1.29 is 13.9 Å². The maximum absolute atomic E-state index is 9.39. The summed E-state index contributed by atoms with van der Waals surface area (Å²) in [6.07, 6.45) is 1.90. The van der Waals surface area contributed by atoms with E-state index in [1.54, 1.807) is 6.92 Å². The molecule has 1 N–H and O–H groups in total. The molecule has 0 rings (SSSR count). The molecule has 0 aliphatic rings. The summed E-state index contributed by atoms with van der Waals surface area (Å²) in [6, 6.07) is 0. The van der Waals surface area contributed by atoms with E-state index < -0.39 is 6.72 Å². The summed E-state index contributed by atoms with van der Waals surface area (Å²) >= 11 is 4.76. The van der Waals surface area contributed by atoms with Crippen LogP contribution in [0.25, 0.3) is 0 Å². The Labute approximate surface area is 79.3 Å². The molecule has 2 unspecified atom stereocenters. The Bertz CT molecular complexity index is 163. The first-order valence-corrected chi connectivity index (χ1v) is 6.76. The lowest BCUT2D eigenvalue weighted by Gasteiger charge is -2.19. The van der Waals surface area contributed by atoms with Gasteiger partial charge in [-0.2, -0.15) is 0 Å². The van der Waals surface area contributed by atoms with Crippen LogP contribution >= 0.6 is 6.72 Å². The molecular formula is C7H17O3PS. The summed E-state index contributed by atoms with van der Waals surface area (Å²) in [4.78, 5) is 9.39. The average molecular weight is 212 g/mol. The molecule has 0 aliphatic carbocycles. The molecule has 0 spiro atoms. The maximum Gasteiger partial charge on any atom is 0.324 e. The lowest BCUT2D eigenvalue weighted by Crippen LogP contribution is -2.06. The predicted molar refractivity (Wildman–Crippen MR) is 53.6 cm³/mol. The van der Waals surface area contributed by atoms with Crippen LogP contribution in [0.1, 0.15) is 33.6 Å².